The van der Waals surface area contributed by atoms with Crippen LogP contribution in [0.2, 0.25) is 0 Å². The van der Waals surface area contributed by atoms with Crippen molar-refractivity contribution in [2.45, 2.75) is 0 Å². The maximum Gasteiger partial charge on any atom is 0.257 e. The molecule has 1 saturated heterocycles. The number of methoxy groups -OCH3 is 1. The summed E-state index contributed by atoms with van der Waals surface area (Å²) in [5, 5.41) is 9.34. The molecule has 1 fully saturated rings. The lowest BCUT2D eigenvalue weighted by Crippen LogP contribution is -2.40. The molecule has 0 saturated carbocycles. The largest absolute Gasteiger partial charge is 0.508 e. The Kier molecular flexibility index (Phi) is 3.49. The maximum absolute atomic E-state index is 12.2. The molecule has 5 nitrogen and oxygen atoms in total. The van der Waals surface area contributed by atoms with Crippen LogP contribution >= 0.6 is 0 Å². The minimum atomic E-state index is -0.0925. The fraction of sp³-hybridized carbons (Fsp3) is 0.417. The standard InChI is InChI=1S/C12H15NO4/c1-16-11-8-9(14)2-3-10(11)12(15)13-4-6-17-7-5-13/h2-3,8,14H,4-7H2,1H3. The molecule has 0 spiro atoms. The van der Waals surface area contributed by atoms with Crippen molar-refractivity contribution in [3.05, 3.63) is 23.8 Å². The van der Waals surface area contributed by atoms with Crippen LogP contribution in [-0.2, 0) is 4.74 Å². The van der Waals surface area contributed by atoms with Gasteiger partial charge in [0.15, 0.2) is 0 Å². The Morgan fingerprint density at radius 2 is 2.12 bits per heavy atom. The fourth-order valence-electron chi connectivity index (χ4n) is 1.79. The van der Waals surface area contributed by atoms with E-state index in [1.54, 1.807) is 11.0 Å². The molecule has 1 aromatic carbocycles. The molecule has 2 rings (SSSR count). The second-order valence-corrected chi connectivity index (χ2v) is 3.79. The topological polar surface area (TPSA) is 59.0 Å². The van der Waals surface area contributed by atoms with Gasteiger partial charge in [-0.25, -0.2) is 0 Å². The Labute approximate surface area is 99.6 Å². The molecular formula is C12H15NO4. The third-order valence-corrected chi connectivity index (χ3v) is 2.71. The number of ether oxygens (including phenoxy) is 2. The molecule has 0 atom stereocenters. The van der Waals surface area contributed by atoms with Crippen LogP contribution < -0.4 is 4.74 Å². The molecule has 0 bridgehead atoms. The molecule has 1 N–H and O–H groups in total. The second-order valence-electron chi connectivity index (χ2n) is 3.79. The van der Waals surface area contributed by atoms with Crippen molar-refractivity contribution < 1.29 is 19.4 Å². The van der Waals surface area contributed by atoms with Gasteiger partial charge in [-0.05, 0) is 12.1 Å². The van der Waals surface area contributed by atoms with Crippen LogP contribution in [0.3, 0.4) is 0 Å². The van der Waals surface area contributed by atoms with Crippen molar-refractivity contribution in [3.63, 3.8) is 0 Å². The highest BCUT2D eigenvalue weighted by atomic mass is 16.5. The third kappa shape index (κ3) is 2.50. The van der Waals surface area contributed by atoms with Gasteiger partial charge in [0.2, 0.25) is 0 Å². The maximum atomic E-state index is 12.2. The molecular weight excluding hydrogens is 222 g/mol. The first-order valence-electron chi connectivity index (χ1n) is 5.46. The highest BCUT2D eigenvalue weighted by molar-refractivity contribution is 5.97. The van der Waals surface area contributed by atoms with Gasteiger partial charge in [0.05, 0.1) is 25.9 Å². The number of carbonyl (C=O) groups is 1. The van der Waals surface area contributed by atoms with Crippen LogP contribution in [0, 0.1) is 0 Å². The average Bonchev–Trinajstić information content (AvgIpc) is 2.39. The predicted molar refractivity (Wildman–Crippen MR) is 61.4 cm³/mol. The van der Waals surface area contributed by atoms with Crippen LogP contribution in [0.5, 0.6) is 11.5 Å². The molecule has 0 aliphatic carbocycles. The van der Waals surface area contributed by atoms with Gasteiger partial charge in [-0.1, -0.05) is 0 Å². The first-order valence-corrected chi connectivity index (χ1v) is 5.46. The quantitative estimate of drug-likeness (QED) is 0.829. The van der Waals surface area contributed by atoms with Crippen LogP contribution in [0.25, 0.3) is 0 Å². The van der Waals surface area contributed by atoms with Crippen molar-refractivity contribution in [3.8, 4) is 11.5 Å². The van der Waals surface area contributed by atoms with Gasteiger partial charge in [0.1, 0.15) is 11.5 Å². The first-order chi connectivity index (χ1) is 8.22. The Bertz CT molecular complexity index is 413. The zero-order chi connectivity index (χ0) is 12.3. The predicted octanol–water partition coefficient (Wildman–Crippen LogP) is 0.873. The van der Waals surface area contributed by atoms with Crippen LogP contribution in [-0.4, -0.2) is 49.3 Å². The van der Waals surface area contributed by atoms with Gasteiger partial charge < -0.3 is 19.5 Å². The molecule has 1 aliphatic heterocycles. The fourth-order valence-corrected chi connectivity index (χ4v) is 1.79. The number of amides is 1. The molecule has 1 heterocycles. The van der Waals surface area contributed by atoms with Crippen LogP contribution in [0.15, 0.2) is 18.2 Å². The number of morpholine rings is 1. The van der Waals surface area contributed by atoms with Gasteiger partial charge in [0.25, 0.3) is 5.91 Å². The number of rotatable bonds is 2. The van der Waals surface area contributed by atoms with E-state index < -0.39 is 0 Å². The Morgan fingerprint density at radius 1 is 1.41 bits per heavy atom. The van der Waals surface area contributed by atoms with E-state index in [4.69, 9.17) is 9.47 Å². The zero-order valence-corrected chi connectivity index (χ0v) is 9.68. The van der Waals surface area contributed by atoms with Crippen molar-refractivity contribution in [2.24, 2.45) is 0 Å². The van der Waals surface area contributed by atoms with E-state index in [0.29, 0.717) is 37.6 Å². The van der Waals surface area contributed by atoms with E-state index in [-0.39, 0.29) is 11.7 Å². The number of phenols is 1. The highest BCUT2D eigenvalue weighted by Gasteiger charge is 2.21. The summed E-state index contributed by atoms with van der Waals surface area (Å²) in [6.45, 7) is 2.30. The van der Waals surface area contributed by atoms with Gasteiger partial charge in [0, 0.05) is 19.2 Å². The molecule has 0 aromatic heterocycles. The molecule has 1 aromatic rings. The summed E-state index contributed by atoms with van der Waals surface area (Å²) in [6, 6.07) is 4.50. The Morgan fingerprint density at radius 3 is 2.76 bits per heavy atom. The number of nitrogens with zero attached hydrogens (tertiary/aromatic N) is 1. The molecule has 1 aliphatic rings. The van der Waals surface area contributed by atoms with E-state index in [2.05, 4.69) is 0 Å². The average molecular weight is 237 g/mol. The number of phenolic OH excluding ortho intramolecular Hbond substituents is 1. The number of hydrogen-bond acceptors (Lipinski definition) is 4. The summed E-state index contributed by atoms with van der Waals surface area (Å²) in [5.41, 5.74) is 0.465. The summed E-state index contributed by atoms with van der Waals surface area (Å²) in [7, 11) is 1.48. The number of carbonyl (C=O) groups excluding carboxylic acids is 1. The Balaban J connectivity index is 2.23. The minimum Gasteiger partial charge on any atom is -0.508 e. The highest BCUT2D eigenvalue weighted by Crippen LogP contribution is 2.25. The smallest absolute Gasteiger partial charge is 0.257 e. The number of hydrogen-bond donors (Lipinski definition) is 1. The van der Waals surface area contributed by atoms with Crippen molar-refractivity contribution >= 4 is 5.91 Å². The SMILES string of the molecule is COc1cc(O)ccc1C(=O)N1CCOCC1. The second kappa shape index (κ2) is 5.05. The first kappa shape index (κ1) is 11.7. The summed E-state index contributed by atoms with van der Waals surface area (Å²) >= 11 is 0. The van der Waals surface area contributed by atoms with Gasteiger partial charge in [-0.15, -0.1) is 0 Å². The lowest BCUT2D eigenvalue weighted by molar-refractivity contribution is 0.0301. The minimum absolute atomic E-state index is 0.0837. The molecule has 5 heteroatoms. The van der Waals surface area contributed by atoms with Crippen molar-refractivity contribution in [1.82, 2.24) is 4.90 Å². The summed E-state index contributed by atoms with van der Waals surface area (Å²) < 4.78 is 10.3. The third-order valence-electron chi connectivity index (χ3n) is 2.71. The van der Waals surface area contributed by atoms with E-state index in [1.807, 2.05) is 0 Å². The normalized spacial score (nSPS) is 15.7. The van der Waals surface area contributed by atoms with E-state index in [9.17, 15) is 9.90 Å². The van der Waals surface area contributed by atoms with E-state index >= 15 is 0 Å². The van der Waals surface area contributed by atoms with Gasteiger partial charge >= 0.3 is 0 Å². The van der Waals surface area contributed by atoms with Gasteiger partial charge in [-0.3, -0.25) is 4.79 Å². The summed E-state index contributed by atoms with van der Waals surface area (Å²) in [4.78, 5) is 13.9. The van der Waals surface area contributed by atoms with Crippen molar-refractivity contribution in [1.29, 1.82) is 0 Å². The van der Waals surface area contributed by atoms with E-state index in [1.165, 1.54) is 19.2 Å². The Hall–Kier alpha value is -1.75. The lowest BCUT2D eigenvalue weighted by atomic mass is 10.1. The summed E-state index contributed by atoms with van der Waals surface area (Å²) in [5.74, 6) is 0.381. The zero-order valence-electron chi connectivity index (χ0n) is 9.68. The monoisotopic (exact) mass is 237 g/mol. The number of aromatic hydroxyl groups is 1. The summed E-state index contributed by atoms with van der Waals surface area (Å²) in [6.07, 6.45) is 0. The van der Waals surface area contributed by atoms with Crippen molar-refractivity contribution in [2.75, 3.05) is 33.4 Å². The molecule has 1 amide bonds. The number of benzene rings is 1. The molecule has 0 radical (unpaired) electrons. The van der Waals surface area contributed by atoms with E-state index in [0.717, 1.165) is 0 Å². The molecule has 17 heavy (non-hydrogen) atoms. The van der Waals surface area contributed by atoms with Crippen LogP contribution in [0.4, 0.5) is 0 Å². The molecule has 92 valence electrons. The lowest BCUT2D eigenvalue weighted by Gasteiger charge is -2.27. The molecule has 0 unspecified atom stereocenters. The van der Waals surface area contributed by atoms with Crippen LogP contribution in [0.1, 0.15) is 10.4 Å². The van der Waals surface area contributed by atoms with Gasteiger partial charge in [-0.2, -0.15) is 0 Å².